The monoisotopic (exact) mass is 184 g/mol. The molecule has 0 aliphatic heterocycles. The van der Waals surface area contributed by atoms with E-state index >= 15 is 0 Å². The third kappa shape index (κ3) is 2.00. The Kier molecular flexibility index (Phi) is 2.92. The fourth-order valence-corrected chi connectivity index (χ4v) is 0.884. The highest BCUT2D eigenvalue weighted by Crippen LogP contribution is 2.13. The Hall–Kier alpha value is -1.49. The van der Waals surface area contributed by atoms with E-state index in [-0.39, 0.29) is 5.56 Å². The van der Waals surface area contributed by atoms with Crippen LogP contribution >= 0.6 is 0 Å². The highest BCUT2D eigenvalue weighted by molar-refractivity contribution is 5.77. The Labute approximate surface area is 74.5 Å². The average Bonchev–Trinajstić information content (AvgIpc) is 2.16. The first-order valence-electron chi connectivity index (χ1n) is 3.60. The lowest BCUT2D eigenvalue weighted by molar-refractivity contribution is -0.142. The summed E-state index contributed by atoms with van der Waals surface area (Å²) in [6.45, 7) is 0. The Balaban J connectivity index is 2.95. The summed E-state index contributed by atoms with van der Waals surface area (Å²) in [6.07, 6.45) is 1.28. The first-order valence-corrected chi connectivity index (χ1v) is 3.60. The van der Waals surface area contributed by atoms with Crippen LogP contribution in [0.25, 0.3) is 0 Å². The lowest BCUT2D eigenvalue weighted by Crippen LogP contribution is -2.23. The van der Waals surface area contributed by atoms with Crippen LogP contribution in [0.4, 0.5) is 4.39 Å². The first-order chi connectivity index (χ1) is 6.16. The van der Waals surface area contributed by atoms with Gasteiger partial charge in [-0.2, -0.15) is 4.39 Å². The summed E-state index contributed by atoms with van der Waals surface area (Å²) in [4.78, 5) is 14.3. The number of methoxy groups -OCH3 is 1. The van der Waals surface area contributed by atoms with Crippen LogP contribution in [0, 0.1) is 5.95 Å². The van der Waals surface area contributed by atoms with Crippen molar-refractivity contribution in [1.82, 2.24) is 4.98 Å². The van der Waals surface area contributed by atoms with Crippen molar-refractivity contribution in [1.29, 1.82) is 0 Å². The molecule has 0 aliphatic rings. The largest absolute Gasteiger partial charge is 0.468 e. The van der Waals surface area contributed by atoms with Gasteiger partial charge in [-0.1, -0.05) is 6.07 Å². The van der Waals surface area contributed by atoms with Gasteiger partial charge in [-0.05, 0) is 6.07 Å². The van der Waals surface area contributed by atoms with Gasteiger partial charge in [-0.25, -0.2) is 4.98 Å². The summed E-state index contributed by atoms with van der Waals surface area (Å²) in [5.41, 5.74) is 5.43. The van der Waals surface area contributed by atoms with Crippen LogP contribution in [0.2, 0.25) is 0 Å². The van der Waals surface area contributed by atoms with Crippen molar-refractivity contribution in [2.24, 2.45) is 5.73 Å². The molecular formula is C8H9FN2O2. The number of esters is 1. The molecule has 0 aromatic carbocycles. The van der Waals surface area contributed by atoms with Gasteiger partial charge in [0.25, 0.3) is 0 Å². The number of hydrogen-bond acceptors (Lipinski definition) is 4. The molecule has 1 aromatic rings. The van der Waals surface area contributed by atoms with Crippen LogP contribution in [-0.2, 0) is 9.53 Å². The standard InChI is InChI=1S/C8H9FN2O2/c1-13-8(12)6(10)5-3-2-4-11-7(5)9/h2-4,6H,10H2,1H3. The fourth-order valence-electron chi connectivity index (χ4n) is 0.884. The number of nitrogens with two attached hydrogens (primary N) is 1. The maximum Gasteiger partial charge on any atom is 0.327 e. The van der Waals surface area contributed by atoms with Crippen LogP contribution in [-0.4, -0.2) is 18.1 Å². The molecule has 1 unspecified atom stereocenters. The summed E-state index contributed by atoms with van der Waals surface area (Å²) >= 11 is 0. The molecule has 70 valence electrons. The Bertz CT molecular complexity index is 317. The molecule has 13 heavy (non-hydrogen) atoms. The smallest absolute Gasteiger partial charge is 0.327 e. The Morgan fingerprint density at radius 1 is 1.77 bits per heavy atom. The minimum Gasteiger partial charge on any atom is -0.468 e. The number of pyridine rings is 1. The van der Waals surface area contributed by atoms with E-state index in [1.54, 1.807) is 0 Å². The lowest BCUT2D eigenvalue weighted by atomic mass is 10.1. The van der Waals surface area contributed by atoms with Gasteiger partial charge in [-0.3, -0.25) is 4.79 Å². The minimum atomic E-state index is -1.11. The van der Waals surface area contributed by atoms with E-state index in [0.29, 0.717) is 0 Å². The van der Waals surface area contributed by atoms with Gasteiger partial charge in [0.1, 0.15) is 6.04 Å². The molecule has 5 heteroatoms. The van der Waals surface area contributed by atoms with Crippen LogP contribution in [0.15, 0.2) is 18.3 Å². The molecule has 0 spiro atoms. The van der Waals surface area contributed by atoms with Crippen LogP contribution in [0.3, 0.4) is 0 Å². The van der Waals surface area contributed by atoms with E-state index in [9.17, 15) is 9.18 Å². The summed E-state index contributed by atoms with van der Waals surface area (Å²) < 4.78 is 17.3. The number of halogens is 1. The number of rotatable bonds is 2. The zero-order chi connectivity index (χ0) is 9.84. The van der Waals surface area contributed by atoms with Crippen LogP contribution < -0.4 is 5.73 Å². The van der Waals surface area contributed by atoms with Crippen molar-refractivity contribution in [2.75, 3.05) is 7.11 Å². The molecule has 1 rings (SSSR count). The van der Waals surface area contributed by atoms with Crippen molar-refractivity contribution in [3.63, 3.8) is 0 Å². The fraction of sp³-hybridized carbons (Fsp3) is 0.250. The molecule has 0 saturated carbocycles. The van der Waals surface area contributed by atoms with E-state index in [1.165, 1.54) is 25.4 Å². The van der Waals surface area contributed by atoms with Gasteiger partial charge in [0.05, 0.1) is 7.11 Å². The molecule has 1 aromatic heterocycles. The van der Waals surface area contributed by atoms with Gasteiger partial charge in [0, 0.05) is 11.8 Å². The molecule has 4 nitrogen and oxygen atoms in total. The third-order valence-electron chi connectivity index (χ3n) is 1.58. The normalized spacial score (nSPS) is 12.2. The molecule has 0 bridgehead atoms. The SMILES string of the molecule is COC(=O)C(N)c1cccnc1F. The molecule has 1 atom stereocenters. The summed E-state index contributed by atoms with van der Waals surface area (Å²) in [6, 6.07) is 1.78. The van der Waals surface area contributed by atoms with Gasteiger partial charge in [0.2, 0.25) is 5.95 Å². The number of hydrogen-bond donors (Lipinski definition) is 1. The topological polar surface area (TPSA) is 65.2 Å². The predicted molar refractivity (Wildman–Crippen MR) is 43.1 cm³/mol. The maximum absolute atomic E-state index is 12.9. The van der Waals surface area contributed by atoms with Gasteiger partial charge in [-0.15, -0.1) is 0 Å². The molecule has 0 fully saturated rings. The predicted octanol–water partition coefficient (Wildman–Crippen LogP) is 0.393. The van der Waals surface area contributed by atoms with Crippen LogP contribution in [0.5, 0.6) is 0 Å². The molecular weight excluding hydrogens is 175 g/mol. The summed E-state index contributed by atoms with van der Waals surface area (Å²) in [5.74, 6) is -1.44. The lowest BCUT2D eigenvalue weighted by Gasteiger charge is -2.08. The highest BCUT2D eigenvalue weighted by Gasteiger charge is 2.19. The van der Waals surface area contributed by atoms with E-state index in [0.717, 1.165) is 0 Å². The molecule has 0 aliphatic carbocycles. The third-order valence-corrected chi connectivity index (χ3v) is 1.58. The zero-order valence-corrected chi connectivity index (χ0v) is 7.03. The average molecular weight is 184 g/mol. The van der Waals surface area contributed by atoms with E-state index in [4.69, 9.17) is 5.73 Å². The van der Waals surface area contributed by atoms with Gasteiger partial charge >= 0.3 is 5.97 Å². The molecule has 0 amide bonds. The quantitative estimate of drug-likeness (QED) is 0.533. The van der Waals surface area contributed by atoms with Crippen molar-refractivity contribution >= 4 is 5.97 Å². The van der Waals surface area contributed by atoms with Gasteiger partial charge in [0.15, 0.2) is 0 Å². The Morgan fingerprint density at radius 3 is 3.00 bits per heavy atom. The summed E-state index contributed by atoms with van der Waals surface area (Å²) in [5, 5.41) is 0. The number of nitrogens with zero attached hydrogens (tertiary/aromatic N) is 1. The number of aromatic nitrogens is 1. The number of ether oxygens (including phenoxy) is 1. The van der Waals surface area contributed by atoms with Crippen molar-refractivity contribution in [2.45, 2.75) is 6.04 Å². The number of carbonyl (C=O) groups excluding carboxylic acids is 1. The van der Waals surface area contributed by atoms with Crippen LogP contribution in [0.1, 0.15) is 11.6 Å². The van der Waals surface area contributed by atoms with Crippen molar-refractivity contribution < 1.29 is 13.9 Å². The molecule has 0 saturated heterocycles. The van der Waals surface area contributed by atoms with Gasteiger partial charge < -0.3 is 10.5 Å². The van der Waals surface area contributed by atoms with Crippen molar-refractivity contribution in [3.05, 3.63) is 29.8 Å². The van der Waals surface area contributed by atoms with Crippen molar-refractivity contribution in [3.8, 4) is 0 Å². The second-order valence-corrected chi connectivity index (χ2v) is 2.38. The number of carbonyl (C=O) groups is 1. The first kappa shape index (κ1) is 9.60. The summed E-state index contributed by atoms with van der Waals surface area (Å²) in [7, 11) is 1.19. The second-order valence-electron chi connectivity index (χ2n) is 2.38. The van der Waals surface area contributed by atoms with E-state index < -0.39 is 18.0 Å². The van der Waals surface area contributed by atoms with E-state index in [1.807, 2.05) is 0 Å². The minimum absolute atomic E-state index is 0.0364. The second kappa shape index (κ2) is 3.95. The zero-order valence-electron chi connectivity index (χ0n) is 7.03. The van der Waals surface area contributed by atoms with E-state index in [2.05, 4.69) is 9.72 Å². The highest BCUT2D eigenvalue weighted by atomic mass is 19.1. The Morgan fingerprint density at radius 2 is 2.46 bits per heavy atom. The molecule has 1 heterocycles. The molecule has 0 radical (unpaired) electrons. The molecule has 2 N–H and O–H groups in total. The maximum atomic E-state index is 12.9.